The highest BCUT2D eigenvalue weighted by Crippen LogP contribution is 2.09. The minimum Gasteiger partial charge on any atom is -0.491 e. The molecule has 1 aromatic rings. The summed E-state index contributed by atoms with van der Waals surface area (Å²) < 4.78 is 5.64. The Kier molecular flexibility index (Phi) is 4.92. The van der Waals surface area contributed by atoms with Gasteiger partial charge in [0.05, 0.1) is 18.5 Å². The summed E-state index contributed by atoms with van der Waals surface area (Å²) in [5, 5.41) is 8.88. The molecule has 1 N–H and O–H groups in total. The van der Waals surface area contributed by atoms with Crippen molar-refractivity contribution >= 4 is 0 Å². The third kappa shape index (κ3) is 3.94. The average Bonchev–Trinajstić information content (AvgIpc) is 2.42. The van der Waals surface area contributed by atoms with Crippen LogP contribution in [-0.4, -0.2) is 66.3 Å². The van der Waals surface area contributed by atoms with Crippen LogP contribution in [-0.2, 0) is 6.61 Å². The van der Waals surface area contributed by atoms with Gasteiger partial charge in [0.1, 0.15) is 12.4 Å². The zero-order valence-electron chi connectivity index (χ0n) is 10.9. The number of hydrogen-bond donors (Lipinski definition) is 1. The fourth-order valence-corrected chi connectivity index (χ4v) is 1.95. The molecule has 100 valence electrons. The van der Waals surface area contributed by atoms with Gasteiger partial charge in [0, 0.05) is 32.7 Å². The summed E-state index contributed by atoms with van der Waals surface area (Å²) in [4.78, 5) is 8.83. The first kappa shape index (κ1) is 13.3. The predicted molar refractivity (Wildman–Crippen MR) is 69.6 cm³/mol. The summed E-state index contributed by atoms with van der Waals surface area (Å²) in [6.45, 7) is 6.10. The summed E-state index contributed by atoms with van der Waals surface area (Å²) in [5.74, 6) is 0.765. The van der Waals surface area contributed by atoms with Crippen molar-refractivity contribution in [2.75, 3.05) is 46.4 Å². The number of pyridine rings is 1. The van der Waals surface area contributed by atoms with Gasteiger partial charge in [-0.15, -0.1) is 0 Å². The van der Waals surface area contributed by atoms with Crippen LogP contribution in [0.5, 0.6) is 5.75 Å². The predicted octanol–water partition coefficient (Wildman–Crippen LogP) is 0.200. The van der Waals surface area contributed by atoms with E-state index in [1.807, 2.05) is 6.07 Å². The Balaban J connectivity index is 1.68. The molecule has 2 rings (SSSR count). The van der Waals surface area contributed by atoms with Crippen LogP contribution in [0, 0.1) is 0 Å². The van der Waals surface area contributed by atoms with Gasteiger partial charge in [-0.05, 0) is 19.2 Å². The van der Waals surface area contributed by atoms with Crippen LogP contribution in [0.2, 0.25) is 0 Å². The lowest BCUT2D eigenvalue weighted by molar-refractivity contribution is 0.133. The maximum absolute atomic E-state index is 8.88. The molecule has 1 aliphatic heterocycles. The summed E-state index contributed by atoms with van der Waals surface area (Å²) in [6, 6.07) is 3.63. The molecule has 0 spiro atoms. The van der Waals surface area contributed by atoms with E-state index in [9.17, 15) is 0 Å². The first-order valence-electron chi connectivity index (χ1n) is 6.37. The molecular formula is C13H21N3O2. The molecule has 0 atom stereocenters. The van der Waals surface area contributed by atoms with Crippen LogP contribution < -0.4 is 4.74 Å². The number of nitrogens with zero attached hydrogens (tertiary/aromatic N) is 3. The van der Waals surface area contributed by atoms with Gasteiger partial charge in [-0.1, -0.05) is 0 Å². The lowest BCUT2D eigenvalue weighted by Crippen LogP contribution is -2.45. The minimum atomic E-state index is -0.0262. The van der Waals surface area contributed by atoms with Crippen LogP contribution in [0.4, 0.5) is 0 Å². The van der Waals surface area contributed by atoms with Gasteiger partial charge in [0.15, 0.2) is 0 Å². The highest BCUT2D eigenvalue weighted by atomic mass is 16.5. The zero-order chi connectivity index (χ0) is 12.8. The number of hydrogen-bond acceptors (Lipinski definition) is 5. The second kappa shape index (κ2) is 6.68. The van der Waals surface area contributed by atoms with Gasteiger partial charge in [0.2, 0.25) is 0 Å². The molecule has 5 nitrogen and oxygen atoms in total. The van der Waals surface area contributed by atoms with E-state index in [2.05, 4.69) is 21.8 Å². The molecule has 5 heteroatoms. The number of likely N-dealkylation sites (N-methyl/N-ethyl adjacent to an activating group) is 1. The maximum Gasteiger partial charge on any atom is 0.137 e. The van der Waals surface area contributed by atoms with Gasteiger partial charge < -0.3 is 14.7 Å². The maximum atomic E-state index is 8.88. The minimum absolute atomic E-state index is 0.0262. The van der Waals surface area contributed by atoms with E-state index in [-0.39, 0.29) is 6.61 Å². The SMILES string of the molecule is CN1CCN(CCOc2ccc(CO)nc2)CC1. The topological polar surface area (TPSA) is 48.8 Å². The number of aliphatic hydroxyl groups is 1. The molecule has 0 aromatic carbocycles. The molecule has 1 aliphatic rings. The first-order valence-corrected chi connectivity index (χ1v) is 6.37. The Hall–Kier alpha value is -1.17. The van der Waals surface area contributed by atoms with Gasteiger partial charge in [-0.2, -0.15) is 0 Å². The molecule has 0 radical (unpaired) electrons. The fourth-order valence-electron chi connectivity index (χ4n) is 1.95. The molecule has 0 amide bonds. The zero-order valence-corrected chi connectivity index (χ0v) is 10.9. The Bertz CT molecular complexity index is 348. The van der Waals surface area contributed by atoms with E-state index in [1.165, 1.54) is 0 Å². The average molecular weight is 251 g/mol. The second-order valence-corrected chi connectivity index (χ2v) is 4.64. The lowest BCUT2D eigenvalue weighted by atomic mass is 10.3. The number of rotatable bonds is 5. The van der Waals surface area contributed by atoms with E-state index >= 15 is 0 Å². The van der Waals surface area contributed by atoms with Crippen molar-refractivity contribution in [1.29, 1.82) is 0 Å². The van der Waals surface area contributed by atoms with Crippen molar-refractivity contribution in [3.63, 3.8) is 0 Å². The smallest absolute Gasteiger partial charge is 0.137 e. The first-order chi connectivity index (χ1) is 8.78. The van der Waals surface area contributed by atoms with Gasteiger partial charge >= 0.3 is 0 Å². The van der Waals surface area contributed by atoms with Crippen molar-refractivity contribution in [3.8, 4) is 5.75 Å². The lowest BCUT2D eigenvalue weighted by Gasteiger charge is -2.32. The third-order valence-corrected chi connectivity index (χ3v) is 3.23. The van der Waals surface area contributed by atoms with Crippen LogP contribution in [0.25, 0.3) is 0 Å². The monoisotopic (exact) mass is 251 g/mol. The molecule has 1 aromatic heterocycles. The Morgan fingerprint density at radius 1 is 1.28 bits per heavy atom. The van der Waals surface area contributed by atoms with Crippen LogP contribution >= 0.6 is 0 Å². The van der Waals surface area contributed by atoms with Crippen LogP contribution in [0.1, 0.15) is 5.69 Å². The van der Waals surface area contributed by atoms with Crippen molar-refractivity contribution in [2.45, 2.75) is 6.61 Å². The number of piperazine rings is 1. The van der Waals surface area contributed by atoms with Crippen molar-refractivity contribution in [1.82, 2.24) is 14.8 Å². The third-order valence-electron chi connectivity index (χ3n) is 3.23. The fraction of sp³-hybridized carbons (Fsp3) is 0.615. The molecule has 1 saturated heterocycles. The van der Waals surface area contributed by atoms with Crippen molar-refractivity contribution < 1.29 is 9.84 Å². The van der Waals surface area contributed by atoms with Gasteiger partial charge in [-0.25, -0.2) is 0 Å². The molecule has 0 bridgehead atoms. The molecule has 0 unspecified atom stereocenters. The van der Waals surface area contributed by atoms with E-state index in [0.717, 1.165) is 38.5 Å². The standard InChI is InChI=1S/C13H21N3O2/c1-15-4-6-16(7-5-15)8-9-18-13-3-2-12(11-17)14-10-13/h2-3,10,17H,4-9,11H2,1H3. The number of ether oxygens (including phenoxy) is 1. The number of aliphatic hydroxyl groups excluding tert-OH is 1. The molecular weight excluding hydrogens is 230 g/mol. The van der Waals surface area contributed by atoms with Gasteiger partial charge in [0.25, 0.3) is 0 Å². The van der Waals surface area contributed by atoms with Crippen molar-refractivity contribution in [2.24, 2.45) is 0 Å². The summed E-state index contributed by atoms with van der Waals surface area (Å²) >= 11 is 0. The van der Waals surface area contributed by atoms with E-state index in [1.54, 1.807) is 12.3 Å². The van der Waals surface area contributed by atoms with E-state index < -0.39 is 0 Å². The largest absolute Gasteiger partial charge is 0.491 e. The molecule has 2 heterocycles. The Labute approximate surface area is 108 Å². The normalized spacial score (nSPS) is 17.9. The summed E-state index contributed by atoms with van der Waals surface area (Å²) in [6.07, 6.45) is 1.66. The molecule has 0 aliphatic carbocycles. The van der Waals surface area contributed by atoms with E-state index in [0.29, 0.717) is 12.3 Å². The summed E-state index contributed by atoms with van der Waals surface area (Å²) in [7, 11) is 2.15. The molecule has 1 fully saturated rings. The van der Waals surface area contributed by atoms with Gasteiger partial charge in [-0.3, -0.25) is 9.88 Å². The van der Waals surface area contributed by atoms with Crippen molar-refractivity contribution in [3.05, 3.63) is 24.0 Å². The van der Waals surface area contributed by atoms with Crippen LogP contribution in [0.15, 0.2) is 18.3 Å². The Morgan fingerprint density at radius 3 is 2.67 bits per heavy atom. The summed E-state index contributed by atoms with van der Waals surface area (Å²) in [5.41, 5.74) is 0.668. The molecule has 0 saturated carbocycles. The quantitative estimate of drug-likeness (QED) is 0.810. The molecule has 18 heavy (non-hydrogen) atoms. The number of aromatic nitrogens is 1. The van der Waals surface area contributed by atoms with E-state index in [4.69, 9.17) is 9.84 Å². The van der Waals surface area contributed by atoms with Crippen LogP contribution in [0.3, 0.4) is 0 Å². The highest BCUT2D eigenvalue weighted by Gasteiger charge is 2.13. The highest BCUT2D eigenvalue weighted by molar-refractivity contribution is 5.19. The Morgan fingerprint density at radius 2 is 2.06 bits per heavy atom. The second-order valence-electron chi connectivity index (χ2n) is 4.64.